The number of likely N-dealkylation sites (tertiary alicyclic amines) is 1. The van der Waals surface area contributed by atoms with Crippen LogP contribution in [-0.2, 0) is 25.4 Å². The van der Waals surface area contributed by atoms with Crippen molar-refractivity contribution in [3.63, 3.8) is 0 Å². The Hall–Kier alpha value is -3.15. The second-order valence-electron chi connectivity index (χ2n) is 10.1. The van der Waals surface area contributed by atoms with Crippen molar-refractivity contribution in [3.05, 3.63) is 65.2 Å². The molecule has 1 aromatic heterocycles. The van der Waals surface area contributed by atoms with E-state index in [0.717, 1.165) is 25.1 Å². The first-order valence-electron chi connectivity index (χ1n) is 13.4. The Balaban J connectivity index is 1.21. The Morgan fingerprint density at radius 2 is 1.98 bits per heavy atom. The number of nitrogens with one attached hydrogen (secondary N) is 1. The van der Waals surface area contributed by atoms with E-state index in [-0.39, 0.29) is 35.5 Å². The quantitative estimate of drug-likeness (QED) is 0.383. The Bertz CT molecular complexity index is 1400. The van der Waals surface area contributed by atoms with E-state index >= 15 is 0 Å². The summed E-state index contributed by atoms with van der Waals surface area (Å²) in [5.41, 5.74) is 1.94. The van der Waals surface area contributed by atoms with E-state index in [1.54, 1.807) is 12.1 Å². The van der Waals surface area contributed by atoms with Crippen LogP contribution in [0.1, 0.15) is 12.0 Å². The molecule has 9 nitrogen and oxygen atoms in total. The summed E-state index contributed by atoms with van der Waals surface area (Å²) in [5.74, 6) is 0.549. The van der Waals surface area contributed by atoms with Crippen molar-refractivity contribution in [1.82, 2.24) is 14.9 Å². The molecule has 0 radical (unpaired) electrons. The summed E-state index contributed by atoms with van der Waals surface area (Å²) in [5, 5.41) is 3.89. The van der Waals surface area contributed by atoms with Crippen molar-refractivity contribution in [2.24, 2.45) is 0 Å². The molecule has 0 unspecified atom stereocenters. The van der Waals surface area contributed by atoms with E-state index in [0.29, 0.717) is 61.1 Å². The van der Waals surface area contributed by atoms with Gasteiger partial charge in [0.15, 0.2) is 5.78 Å². The van der Waals surface area contributed by atoms with Gasteiger partial charge in [-0.1, -0.05) is 17.7 Å². The number of ketones is 1. The monoisotopic (exact) mass is 568 g/mol. The molecule has 40 heavy (non-hydrogen) atoms. The highest BCUT2D eigenvalue weighted by molar-refractivity contribution is 6.31. The number of carbonyl (C=O) groups excluding carboxylic acids is 1. The number of nitrogens with zero attached hydrogens (tertiary/aromatic N) is 3. The molecule has 3 saturated heterocycles. The largest absolute Gasteiger partial charge is 0.488 e. The van der Waals surface area contributed by atoms with Crippen LogP contribution in [0, 0.1) is 5.82 Å². The van der Waals surface area contributed by atoms with Gasteiger partial charge >= 0.3 is 0 Å². The summed E-state index contributed by atoms with van der Waals surface area (Å²) in [6.45, 7) is 4.64. The highest BCUT2D eigenvalue weighted by Crippen LogP contribution is 2.32. The average molecular weight is 569 g/mol. The molecule has 210 valence electrons. The maximum atomic E-state index is 13.7. The van der Waals surface area contributed by atoms with Gasteiger partial charge in [0.2, 0.25) is 0 Å². The van der Waals surface area contributed by atoms with Gasteiger partial charge in [-0.05, 0) is 30.3 Å². The SMILES string of the molecule is O=C(/C=C/CN1C[C@@H]2OCCO[C@H]2C1)Cc1cc2c(Nc3ccc(F)c(Cl)c3)ncnc2cc1O[C@H]1CCOC1. The predicted octanol–water partition coefficient (Wildman–Crippen LogP) is 4.10. The molecule has 4 heterocycles. The van der Waals surface area contributed by atoms with Gasteiger partial charge in [-0.25, -0.2) is 14.4 Å². The van der Waals surface area contributed by atoms with E-state index < -0.39 is 5.82 Å². The van der Waals surface area contributed by atoms with Crippen LogP contribution in [0.4, 0.5) is 15.9 Å². The minimum atomic E-state index is -0.504. The van der Waals surface area contributed by atoms with Gasteiger partial charge in [-0.3, -0.25) is 9.69 Å². The van der Waals surface area contributed by atoms with Crippen molar-refractivity contribution in [2.45, 2.75) is 31.2 Å². The Kier molecular flexibility index (Phi) is 8.22. The number of rotatable bonds is 9. The van der Waals surface area contributed by atoms with Gasteiger partial charge < -0.3 is 24.3 Å². The normalized spacial score (nSPS) is 23.1. The zero-order valence-electron chi connectivity index (χ0n) is 21.9. The van der Waals surface area contributed by atoms with E-state index in [2.05, 4.69) is 20.2 Å². The Morgan fingerprint density at radius 3 is 2.73 bits per heavy atom. The highest BCUT2D eigenvalue weighted by Gasteiger charge is 2.35. The lowest BCUT2D eigenvalue weighted by Gasteiger charge is -2.24. The number of allylic oxidation sites excluding steroid dienone is 1. The van der Waals surface area contributed by atoms with E-state index in [9.17, 15) is 9.18 Å². The molecule has 0 saturated carbocycles. The van der Waals surface area contributed by atoms with Gasteiger partial charge in [-0.2, -0.15) is 0 Å². The van der Waals surface area contributed by atoms with Crippen molar-refractivity contribution in [2.75, 3.05) is 51.4 Å². The number of anilines is 2. The van der Waals surface area contributed by atoms with Crippen molar-refractivity contribution in [1.29, 1.82) is 0 Å². The molecule has 3 aliphatic heterocycles. The highest BCUT2D eigenvalue weighted by atomic mass is 35.5. The topological polar surface area (TPSA) is 95.0 Å². The fourth-order valence-electron chi connectivity index (χ4n) is 5.24. The Labute approximate surface area is 236 Å². The first-order valence-corrected chi connectivity index (χ1v) is 13.8. The van der Waals surface area contributed by atoms with Crippen LogP contribution < -0.4 is 10.1 Å². The van der Waals surface area contributed by atoms with Crippen LogP contribution in [0.5, 0.6) is 5.75 Å². The van der Waals surface area contributed by atoms with Crippen LogP contribution in [0.3, 0.4) is 0 Å². The number of carbonyl (C=O) groups is 1. The molecule has 0 spiro atoms. The molecule has 3 aromatic rings. The van der Waals surface area contributed by atoms with Gasteiger partial charge in [0.05, 0.1) is 49.2 Å². The molecule has 6 rings (SSSR count). The number of halogens is 2. The summed E-state index contributed by atoms with van der Waals surface area (Å²) < 4.78 is 37.0. The molecule has 2 aromatic carbocycles. The summed E-state index contributed by atoms with van der Waals surface area (Å²) in [4.78, 5) is 24.1. The predicted molar refractivity (Wildman–Crippen MR) is 148 cm³/mol. The van der Waals surface area contributed by atoms with Crippen LogP contribution in [-0.4, -0.2) is 85.0 Å². The minimum Gasteiger partial charge on any atom is -0.488 e. The fraction of sp³-hybridized carbons (Fsp3) is 0.414. The van der Waals surface area contributed by atoms with Gasteiger partial charge in [-0.15, -0.1) is 0 Å². The maximum Gasteiger partial charge on any atom is 0.159 e. The standard InChI is InChI=1S/C29H30ClFN4O5/c30-23-12-19(3-4-24(23)31)34-29-22-11-18(26(13-25(22)32-17-33-29)40-21-5-7-37-16-21)10-20(36)2-1-6-35-14-27-28(15-35)39-9-8-38-27/h1-4,11-13,17,21,27-28H,5-10,14-16H2,(H,32,33,34)/b2-1+/t21-,27-,28-/m0/s1. The summed E-state index contributed by atoms with van der Waals surface area (Å²) in [6.07, 6.45) is 5.98. The molecule has 3 atom stereocenters. The molecule has 0 amide bonds. The summed E-state index contributed by atoms with van der Waals surface area (Å²) >= 11 is 5.96. The number of hydrogen-bond acceptors (Lipinski definition) is 9. The van der Waals surface area contributed by atoms with Crippen LogP contribution in [0.25, 0.3) is 10.9 Å². The average Bonchev–Trinajstić information content (AvgIpc) is 3.61. The number of ether oxygens (including phenoxy) is 4. The van der Waals surface area contributed by atoms with Gasteiger partial charge in [0, 0.05) is 55.2 Å². The molecular weight excluding hydrogens is 539 g/mol. The summed E-state index contributed by atoms with van der Waals surface area (Å²) in [6, 6.07) is 8.06. The van der Waals surface area contributed by atoms with E-state index in [1.165, 1.54) is 18.5 Å². The third-order valence-corrected chi connectivity index (χ3v) is 7.54. The second-order valence-corrected chi connectivity index (χ2v) is 10.5. The molecule has 1 N–H and O–H groups in total. The molecule has 3 fully saturated rings. The van der Waals surface area contributed by atoms with Crippen LogP contribution >= 0.6 is 11.6 Å². The minimum absolute atomic E-state index is 0.00338. The smallest absolute Gasteiger partial charge is 0.159 e. The lowest BCUT2D eigenvalue weighted by molar-refractivity contribution is -0.116. The second kappa shape index (κ2) is 12.2. The van der Waals surface area contributed by atoms with Crippen molar-refractivity contribution in [3.8, 4) is 5.75 Å². The Morgan fingerprint density at radius 1 is 1.15 bits per heavy atom. The zero-order valence-corrected chi connectivity index (χ0v) is 22.6. The van der Waals surface area contributed by atoms with Gasteiger partial charge in [0.25, 0.3) is 0 Å². The third kappa shape index (κ3) is 6.26. The first kappa shape index (κ1) is 27.0. The zero-order chi connectivity index (χ0) is 27.5. The van der Waals surface area contributed by atoms with Crippen LogP contribution in [0.15, 0.2) is 48.8 Å². The lowest BCUT2D eigenvalue weighted by atomic mass is 10.0. The van der Waals surface area contributed by atoms with E-state index in [1.807, 2.05) is 18.2 Å². The number of aromatic nitrogens is 2. The van der Waals surface area contributed by atoms with E-state index in [4.69, 9.17) is 30.5 Å². The molecule has 11 heteroatoms. The molecule has 0 aliphatic carbocycles. The molecular formula is C29H30ClFN4O5. The van der Waals surface area contributed by atoms with Crippen LogP contribution in [0.2, 0.25) is 5.02 Å². The lowest BCUT2D eigenvalue weighted by Crippen LogP contribution is -2.36. The molecule has 0 bridgehead atoms. The molecule has 3 aliphatic rings. The maximum absolute atomic E-state index is 13.7. The van der Waals surface area contributed by atoms with Crippen molar-refractivity contribution < 1.29 is 28.1 Å². The number of benzene rings is 2. The summed E-state index contributed by atoms with van der Waals surface area (Å²) in [7, 11) is 0. The number of hydrogen-bond donors (Lipinski definition) is 1. The van der Waals surface area contributed by atoms with Gasteiger partial charge in [0.1, 0.15) is 29.8 Å². The third-order valence-electron chi connectivity index (χ3n) is 7.25. The fourth-order valence-corrected chi connectivity index (χ4v) is 5.42. The van der Waals surface area contributed by atoms with Crippen molar-refractivity contribution >= 4 is 39.8 Å². The number of fused-ring (bicyclic) bond motifs is 2. The first-order chi connectivity index (χ1) is 19.5.